The molecule has 0 N–H and O–H groups in total. The zero-order valence-corrected chi connectivity index (χ0v) is 17.5. The third-order valence-corrected chi connectivity index (χ3v) is 5.79. The maximum Gasteiger partial charge on any atom is 0.416 e. The topological polar surface area (TPSA) is 66.7 Å². The molecule has 1 aliphatic rings. The number of amides is 1. The fraction of sp³-hybridized carbons (Fsp3) is 0.381. The molecule has 1 amide bonds. The normalized spacial score (nSPS) is 15.1. The molecule has 1 heterocycles. The number of anilines is 1. The van der Waals surface area contributed by atoms with Crippen LogP contribution in [0, 0.1) is 16.0 Å². The molecule has 31 heavy (non-hydrogen) atoms. The Kier molecular flexibility index (Phi) is 6.74. The van der Waals surface area contributed by atoms with Gasteiger partial charge in [0.05, 0.1) is 10.5 Å². The average Bonchev–Trinajstić information content (AvgIpc) is 2.73. The van der Waals surface area contributed by atoms with Crippen LogP contribution in [0.25, 0.3) is 0 Å². The first kappa shape index (κ1) is 22.9. The van der Waals surface area contributed by atoms with E-state index >= 15 is 0 Å². The molecular weight excluding hydrogens is 435 g/mol. The number of hydrogen-bond donors (Lipinski definition) is 0. The van der Waals surface area contributed by atoms with E-state index in [1.54, 1.807) is 22.9 Å². The average molecular weight is 456 g/mol. The predicted molar refractivity (Wildman–Crippen MR) is 111 cm³/mol. The molecule has 0 aromatic heterocycles. The number of piperidine rings is 1. The minimum atomic E-state index is -4.66. The minimum absolute atomic E-state index is 0.0542. The highest BCUT2D eigenvalue weighted by Gasteiger charge is 2.35. The number of benzene rings is 2. The predicted octanol–water partition coefficient (Wildman–Crippen LogP) is 5.14. The molecule has 10 heteroatoms. The Morgan fingerprint density at radius 2 is 1.87 bits per heavy atom. The highest BCUT2D eigenvalue weighted by molar-refractivity contribution is 6.31. The van der Waals surface area contributed by atoms with E-state index in [0.29, 0.717) is 43.6 Å². The van der Waals surface area contributed by atoms with Crippen LogP contribution >= 0.6 is 11.6 Å². The van der Waals surface area contributed by atoms with Crippen LogP contribution < -0.4 is 4.90 Å². The summed E-state index contributed by atoms with van der Waals surface area (Å²) in [6, 6.07) is 9.79. The van der Waals surface area contributed by atoms with Crippen LogP contribution in [0.1, 0.15) is 24.0 Å². The van der Waals surface area contributed by atoms with Crippen molar-refractivity contribution < 1.29 is 22.9 Å². The Balaban J connectivity index is 1.67. The maximum absolute atomic E-state index is 12.9. The number of nitro benzene ring substituents is 1. The van der Waals surface area contributed by atoms with E-state index in [9.17, 15) is 28.1 Å². The van der Waals surface area contributed by atoms with Crippen LogP contribution in [-0.4, -0.2) is 35.9 Å². The molecule has 166 valence electrons. The second-order valence-corrected chi connectivity index (χ2v) is 7.91. The van der Waals surface area contributed by atoms with Gasteiger partial charge in [-0.25, -0.2) is 0 Å². The zero-order valence-electron chi connectivity index (χ0n) is 16.7. The van der Waals surface area contributed by atoms with Gasteiger partial charge in [0.1, 0.15) is 5.69 Å². The largest absolute Gasteiger partial charge is 0.416 e. The van der Waals surface area contributed by atoms with Crippen molar-refractivity contribution in [2.24, 2.45) is 5.92 Å². The van der Waals surface area contributed by atoms with Crippen LogP contribution in [0.15, 0.2) is 42.5 Å². The van der Waals surface area contributed by atoms with Crippen molar-refractivity contribution in [3.63, 3.8) is 0 Å². The van der Waals surface area contributed by atoms with Gasteiger partial charge in [-0.05, 0) is 36.6 Å². The second-order valence-electron chi connectivity index (χ2n) is 7.51. The van der Waals surface area contributed by atoms with Gasteiger partial charge < -0.3 is 9.80 Å². The first-order chi connectivity index (χ1) is 14.6. The maximum atomic E-state index is 12.9. The molecule has 0 saturated carbocycles. The first-order valence-electron chi connectivity index (χ1n) is 9.67. The number of nitro groups is 1. The van der Waals surface area contributed by atoms with Gasteiger partial charge in [-0.3, -0.25) is 14.9 Å². The summed E-state index contributed by atoms with van der Waals surface area (Å²) in [6.45, 7) is 1.04. The molecule has 0 atom stereocenters. The van der Waals surface area contributed by atoms with E-state index in [4.69, 9.17) is 11.6 Å². The molecular formula is C21H21ClF3N3O3. The Morgan fingerprint density at radius 3 is 2.45 bits per heavy atom. The fourth-order valence-corrected chi connectivity index (χ4v) is 3.95. The standard InChI is InChI=1S/C21H21ClF3N3O3/c1-26(13-15-4-2-3-5-17(15)22)20(29)14-8-10-27(11-9-14)18-7-6-16(21(23,24)25)12-19(18)28(30)31/h2-7,12,14H,8-11,13H2,1H3. The highest BCUT2D eigenvalue weighted by atomic mass is 35.5. The lowest BCUT2D eigenvalue weighted by Crippen LogP contribution is -2.41. The summed E-state index contributed by atoms with van der Waals surface area (Å²) in [5.74, 6) is -0.321. The van der Waals surface area contributed by atoms with Gasteiger partial charge >= 0.3 is 6.18 Å². The van der Waals surface area contributed by atoms with E-state index in [-0.39, 0.29) is 17.5 Å². The van der Waals surface area contributed by atoms with Crippen molar-refractivity contribution in [2.75, 3.05) is 25.0 Å². The molecule has 2 aromatic rings. The molecule has 1 fully saturated rings. The van der Waals surface area contributed by atoms with Crippen molar-refractivity contribution >= 4 is 28.9 Å². The Morgan fingerprint density at radius 1 is 1.23 bits per heavy atom. The highest BCUT2D eigenvalue weighted by Crippen LogP contribution is 2.37. The Labute approximate surface area is 182 Å². The molecule has 0 spiro atoms. The number of carbonyl (C=O) groups is 1. The van der Waals surface area contributed by atoms with E-state index in [1.165, 1.54) is 0 Å². The lowest BCUT2D eigenvalue weighted by atomic mass is 9.94. The fourth-order valence-electron chi connectivity index (χ4n) is 3.75. The second kappa shape index (κ2) is 9.13. The van der Waals surface area contributed by atoms with Crippen molar-refractivity contribution in [1.29, 1.82) is 0 Å². The van der Waals surface area contributed by atoms with Crippen LogP contribution in [-0.2, 0) is 17.5 Å². The number of nitrogens with zero attached hydrogens (tertiary/aromatic N) is 3. The number of carbonyl (C=O) groups excluding carboxylic acids is 1. The quantitative estimate of drug-likeness (QED) is 0.462. The lowest BCUT2D eigenvalue weighted by Gasteiger charge is -2.34. The van der Waals surface area contributed by atoms with Gasteiger partial charge in [0, 0.05) is 43.7 Å². The van der Waals surface area contributed by atoms with Crippen LogP contribution in [0.2, 0.25) is 5.02 Å². The summed E-state index contributed by atoms with van der Waals surface area (Å²) in [5.41, 5.74) is -0.684. The van der Waals surface area contributed by atoms with Gasteiger partial charge in [-0.1, -0.05) is 29.8 Å². The molecule has 2 aromatic carbocycles. The van der Waals surface area contributed by atoms with Gasteiger partial charge in [-0.2, -0.15) is 13.2 Å². The summed E-state index contributed by atoms with van der Waals surface area (Å²) in [4.78, 5) is 26.6. The summed E-state index contributed by atoms with van der Waals surface area (Å²) >= 11 is 6.16. The summed E-state index contributed by atoms with van der Waals surface area (Å²) < 4.78 is 38.7. The van der Waals surface area contributed by atoms with Crippen molar-refractivity contribution in [1.82, 2.24) is 4.90 Å². The molecule has 1 saturated heterocycles. The minimum Gasteiger partial charge on any atom is -0.366 e. The number of hydrogen-bond acceptors (Lipinski definition) is 4. The molecule has 0 radical (unpaired) electrons. The first-order valence-corrected chi connectivity index (χ1v) is 10.0. The lowest BCUT2D eigenvalue weighted by molar-refractivity contribution is -0.384. The molecule has 0 aliphatic carbocycles. The molecule has 0 unspecified atom stereocenters. The SMILES string of the molecule is CN(Cc1ccccc1Cl)C(=O)C1CCN(c2ccc(C(F)(F)F)cc2[N+](=O)[O-])CC1. The van der Waals surface area contributed by atoms with Gasteiger partial charge in [0.25, 0.3) is 5.69 Å². The third-order valence-electron chi connectivity index (χ3n) is 5.43. The zero-order chi connectivity index (χ0) is 22.8. The van der Waals surface area contributed by atoms with Crippen LogP contribution in [0.5, 0.6) is 0 Å². The van der Waals surface area contributed by atoms with E-state index in [0.717, 1.165) is 17.7 Å². The Hall–Kier alpha value is -2.81. The molecule has 1 aliphatic heterocycles. The van der Waals surface area contributed by atoms with Crippen molar-refractivity contribution in [3.05, 3.63) is 68.7 Å². The molecule has 0 bridgehead atoms. The van der Waals surface area contributed by atoms with Crippen molar-refractivity contribution in [3.8, 4) is 0 Å². The van der Waals surface area contributed by atoms with Gasteiger partial charge in [-0.15, -0.1) is 0 Å². The van der Waals surface area contributed by atoms with E-state index in [1.807, 2.05) is 18.2 Å². The van der Waals surface area contributed by atoms with Gasteiger partial charge in [0.15, 0.2) is 0 Å². The van der Waals surface area contributed by atoms with Crippen LogP contribution in [0.4, 0.5) is 24.5 Å². The number of halogens is 4. The number of rotatable bonds is 5. The smallest absolute Gasteiger partial charge is 0.366 e. The van der Waals surface area contributed by atoms with Gasteiger partial charge in [0.2, 0.25) is 5.91 Å². The molecule has 6 nitrogen and oxygen atoms in total. The van der Waals surface area contributed by atoms with E-state index in [2.05, 4.69) is 0 Å². The molecule has 3 rings (SSSR count). The summed E-state index contributed by atoms with van der Waals surface area (Å²) in [5, 5.41) is 11.9. The monoisotopic (exact) mass is 455 g/mol. The Bertz CT molecular complexity index is 976. The number of alkyl halides is 3. The summed E-state index contributed by atoms with van der Waals surface area (Å²) in [6.07, 6.45) is -3.76. The third kappa shape index (κ3) is 5.28. The van der Waals surface area contributed by atoms with E-state index < -0.39 is 22.4 Å². The summed E-state index contributed by atoms with van der Waals surface area (Å²) in [7, 11) is 1.69. The van der Waals surface area contributed by atoms with Crippen LogP contribution in [0.3, 0.4) is 0 Å². The van der Waals surface area contributed by atoms with Crippen molar-refractivity contribution in [2.45, 2.75) is 25.6 Å².